The lowest BCUT2D eigenvalue weighted by Gasteiger charge is -2.62. The van der Waals surface area contributed by atoms with Crippen molar-refractivity contribution >= 4 is 23.4 Å². The number of anilines is 2. The fraction of sp³-hybridized carbons (Fsp3) is 0.600. The molecule has 0 saturated carbocycles. The molecule has 24 heavy (non-hydrogen) atoms. The molecular weight excluding hydrogens is 314 g/mol. The molecule has 2 aliphatic rings. The third-order valence-corrected chi connectivity index (χ3v) is 4.37. The molecule has 2 fully saturated rings. The number of ether oxygens (including phenoxy) is 1. The summed E-state index contributed by atoms with van der Waals surface area (Å²) in [5, 5.41) is 10.8. The van der Waals surface area contributed by atoms with Crippen molar-refractivity contribution in [1.29, 1.82) is 0 Å². The summed E-state index contributed by atoms with van der Waals surface area (Å²) in [7, 11) is 0. The first-order valence-corrected chi connectivity index (χ1v) is 7.78. The first-order valence-electron chi connectivity index (χ1n) is 7.78. The summed E-state index contributed by atoms with van der Waals surface area (Å²) in [6.07, 6.45) is 0.607. The highest BCUT2D eigenvalue weighted by Gasteiger charge is 2.56. The maximum atomic E-state index is 12.2. The van der Waals surface area contributed by atoms with E-state index in [2.05, 4.69) is 4.98 Å². The van der Waals surface area contributed by atoms with Gasteiger partial charge in [-0.2, -0.15) is 0 Å². The summed E-state index contributed by atoms with van der Waals surface area (Å²) in [4.78, 5) is 30.3. The minimum absolute atomic E-state index is 0.101. The van der Waals surface area contributed by atoms with E-state index in [1.54, 1.807) is 11.0 Å². The molecule has 2 saturated heterocycles. The highest BCUT2D eigenvalue weighted by Crippen LogP contribution is 2.42. The third kappa shape index (κ3) is 2.70. The summed E-state index contributed by atoms with van der Waals surface area (Å²) in [5.74, 6) is 0.482. The molecule has 9 nitrogen and oxygen atoms in total. The van der Waals surface area contributed by atoms with Gasteiger partial charge in [0.25, 0.3) is 0 Å². The van der Waals surface area contributed by atoms with E-state index in [1.807, 2.05) is 25.7 Å². The fourth-order valence-corrected chi connectivity index (χ4v) is 3.08. The van der Waals surface area contributed by atoms with Crippen molar-refractivity contribution in [2.75, 3.05) is 30.3 Å². The molecule has 0 atom stereocenters. The van der Waals surface area contributed by atoms with Gasteiger partial charge in [0.15, 0.2) is 0 Å². The Labute approximate surface area is 139 Å². The zero-order valence-corrected chi connectivity index (χ0v) is 14.0. The molecule has 3 rings (SSSR count). The summed E-state index contributed by atoms with van der Waals surface area (Å²) >= 11 is 0. The average molecular weight is 335 g/mol. The van der Waals surface area contributed by atoms with Crippen molar-refractivity contribution in [1.82, 2.24) is 9.88 Å². The minimum atomic E-state index is -0.556. The van der Waals surface area contributed by atoms with Gasteiger partial charge in [-0.25, -0.2) is 9.78 Å². The summed E-state index contributed by atoms with van der Waals surface area (Å²) in [5.41, 5.74) is 4.69. The topological polar surface area (TPSA) is 115 Å². The van der Waals surface area contributed by atoms with Crippen LogP contribution in [-0.4, -0.2) is 51.7 Å². The first kappa shape index (κ1) is 16.3. The van der Waals surface area contributed by atoms with Crippen LogP contribution in [0.3, 0.4) is 0 Å². The number of hydrogen-bond donors (Lipinski definition) is 1. The van der Waals surface area contributed by atoms with Gasteiger partial charge in [0.05, 0.1) is 10.5 Å². The first-order chi connectivity index (χ1) is 11.1. The van der Waals surface area contributed by atoms with E-state index < -0.39 is 10.5 Å². The summed E-state index contributed by atoms with van der Waals surface area (Å²) in [6.45, 7) is 7.45. The Bertz CT molecular complexity index is 694. The summed E-state index contributed by atoms with van der Waals surface area (Å²) < 4.78 is 5.43. The number of nitrogen functional groups attached to an aromatic ring is 1. The Balaban J connectivity index is 1.66. The molecule has 0 radical (unpaired) electrons. The van der Waals surface area contributed by atoms with E-state index in [0.717, 1.165) is 6.42 Å². The highest BCUT2D eigenvalue weighted by atomic mass is 16.6. The number of rotatable bonds is 2. The van der Waals surface area contributed by atoms with Gasteiger partial charge < -0.3 is 15.4 Å². The van der Waals surface area contributed by atoms with Crippen LogP contribution in [0.4, 0.5) is 22.1 Å². The molecular formula is C15H21N5O4. The molecule has 0 unspecified atom stereocenters. The van der Waals surface area contributed by atoms with Crippen LogP contribution in [0, 0.1) is 10.1 Å². The SMILES string of the molecule is CC(C)(C)OC(=O)N1CCC12CN(c1ccc([N+](=O)[O-])c(N)n1)C2. The van der Waals surface area contributed by atoms with Crippen LogP contribution >= 0.6 is 0 Å². The molecule has 2 aliphatic heterocycles. The van der Waals surface area contributed by atoms with Crippen LogP contribution in [0.1, 0.15) is 27.2 Å². The molecule has 1 aromatic rings. The second-order valence-electron chi connectivity index (χ2n) is 7.29. The predicted octanol–water partition coefficient (Wildman–Crippen LogP) is 1.77. The maximum Gasteiger partial charge on any atom is 0.410 e. The lowest BCUT2D eigenvalue weighted by Crippen LogP contribution is -2.78. The largest absolute Gasteiger partial charge is 0.444 e. The standard InChI is InChI=1S/C15H21N5O4/c1-14(2,3)24-13(21)19-7-6-15(19)8-18(9-15)11-5-4-10(20(22)23)12(16)17-11/h4-5H,6-9H2,1-3H3,(H2,16,17). The number of nitrogens with two attached hydrogens (primary N) is 1. The van der Waals surface area contributed by atoms with Crippen molar-refractivity contribution in [3.63, 3.8) is 0 Å². The normalized spacial score (nSPS) is 18.8. The second kappa shape index (κ2) is 5.22. The number of aromatic nitrogens is 1. The zero-order chi connectivity index (χ0) is 17.7. The Morgan fingerprint density at radius 1 is 1.42 bits per heavy atom. The van der Waals surface area contributed by atoms with Gasteiger partial charge in [-0.1, -0.05) is 0 Å². The van der Waals surface area contributed by atoms with Crippen LogP contribution in [0.2, 0.25) is 0 Å². The number of pyridine rings is 1. The second-order valence-corrected chi connectivity index (χ2v) is 7.29. The van der Waals surface area contributed by atoms with Crippen LogP contribution < -0.4 is 10.6 Å². The van der Waals surface area contributed by atoms with Gasteiger partial charge in [-0.3, -0.25) is 15.0 Å². The van der Waals surface area contributed by atoms with Gasteiger partial charge in [-0.15, -0.1) is 0 Å². The average Bonchev–Trinajstić information content (AvgIpc) is 2.32. The molecule has 1 amide bonds. The fourth-order valence-electron chi connectivity index (χ4n) is 3.08. The lowest BCUT2D eigenvalue weighted by molar-refractivity contribution is -0.384. The Morgan fingerprint density at radius 3 is 2.54 bits per heavy atom. The number of carbonyl (C=O) groups excluding carboxylic acids is 1. The van der Waals surface area contributed by atoms with Crippen molar-refractivity contribution in [3.8, 4) is 0 Å². The van der Waals surface area contributed by atoms with Crippen molar-refractivity contribution in [2.24, 2.45) is 0 Å². The zero-order valence-electron chi connectivity index (χ0n) is 14.0. The van der Waals surface area contributed by atoms with E-state index >= 15 is 0 Å². The van der Waals surface area contributed by atoms with Gasteiger partial charge in [-0.05, 0) is 33.3 Å². The third-order valence-electron chi connectivity index (χ3n) is 4.37. The molecule has 130 valence electrons. The monoisotopic (exact) mass is 335 g/mol. The van der Waals surface area contributed by atoms with Crippen molar-refractivity contribution < 1.29 is 14.5 Å². The van der Waals surface area contributed by atoms with Gasteiger partial charge in [0, 0.05) is 25.7 Å². The molecule has 1 aromatic heterocycles. The number of hydrogen-bond acceptors (Lipinski definition) is 7. The van der Waals surface area contributed by atoms with E-state index in [0.29, 0.717) is 25.5 Å². The molecule has 3 heterocycles. The summed E-state index contributed by atoms with van der Waals surface area (Å²) in [6, 6.07) is 2.94. The molecule has 0 aromatic carbocycles. The Hall–Kier alpha value is -2.58. The van der Waals surface area contributed by atoms with Crippen molar-refractivity contribution in [2.45, 2.75) is 38.3 Å². The smallest absolute Gasteiger partial charge is 0.410 e. The Kier molecular flexibility index (Phi) is 3.54. The highest BCUT2D eigenvalue weighted by molar-refractivity contribution is 5.72. The van der Waals surface area contributed by atoms with Crippen LogP contribution in [0.5, 0.6) is 0 Å². The van der Waals surface area contributed by atoms with E-state index in [4.69, 9.17) is 10.5 Å². The van der Waals surface area contributed by atoms with Gasteiger partial charge in [0.1, 0.15) is 11.4 Å². The van der Waals surface area contributed by atoms with Gasteiger partial charge >= 0.3 is 11.8 Å². The van der Waals surface area contributed by atoms with Crippen molar-refractivity contribution in [3.05, 3.63) is 22.2 Å². The molecule has 0 aliphatic carbocycles. The van der Waals surface area contributed by atoms with Crippen LogP contribution in [0.15, 0.2) is 12.1 Å². The Morgan fingerprint density at radius 2 is 2.08 bits per heavy atom. The van der Waals surface area contributed by atoms with E-state index in [9.17, 15) is 14.9 Å². The minimum Gasteiger partial charge on any atom is -0.444 e. The molecule has 1 spiro atoms. The molecule has 0 bridgehead atoms. The quantitative estimate of drug-likeness (QED) is 0.647. The number of nitrogens with zero attached hydrogens (tertiary/aromatic N) is 4. The van der Waals surface area contributed by atoms with E-state index in [1.165, 1.54) is 6.07 Å². The maximum absolute atomic E-state index is 12.2. The number of likely N-dealkylation sites (tertiary alicyclic amines) is 1. The van der Waals surface area contributed by atoms with Crippen LogP contribution in [-0.2, 0) is 4.74 Å². The predicted molar refractivity (Wildman–Crippen MR) is 87.8 cm³/mol. The van der Waals surface area contributed by atoms with Crippen LogP contribution in [0.25, 0.3) is 0 Å². The van der Waals surface area contributed by atoms with Gasteiger partial charge in [0.2, 0.25) is 5.82 Å². The molecule has 9 heteroatoms. The van der Waals surface area contributed by atoms with E-state index in [-0.39, 0.29) is 23.1 Å². The number of nitro groups is 1. The number of amides is 1. The lowest BCUT2D eigenvalue weighted by atomic mass is 9.78. The molecule has 2 N–H and O–H groups in total. The number of carbonyl (C=O) groups is 1.